The molecule has 1 nitrogen and oxygen atoms in total. The van der Waals surface area contributed by atoms with E-state index < -0.39 is 0 Å². The summed E-state index contributed by atoms with van der Waals surface area (Å²) in [5.41, 5.74) is 6.70. The Morgan fingerprint density at radius 3 is 1.57 bits per heavy atom. The third-order valence-electron chi connectivity index (χ3n) is 5.40. The first-order valence-electron chi connectivity index (χ1n) is 10.3. The molecule has 0 N–H and O–H groups in total. The van der Waals surface area contributed by atoms with Crippen molar-refractivity contribution in [1.82, 2.24) is 0 Å². The highest BCUT2D eigenvalue weighted by atomic mass is 35.5. The highest BCUT2D eigenvalue weighted by Crippen LogP contribution is 2.44. The van der Waals surface area contributed by atoms with Crippen molar-refractivity contribution in [2.24, 2.45) is 0 Å². The molecule has 158 valence electrons. The van der Waals surface area contributed by atoms with Crippen LogP contribution in [0.15, 0.2) is 60.7 Å². The molecule has 0 unspecified atom stereocenters. The third-order valence-corrected chi connectivity index (χ3v) is 6.19. The topological polar surface area (TPSA) is 3.24 Å². The Morgan fingerprint density at radius 2 is 1.10 bits per heavy atom. The van der Waals surface area contributed by atoms with Crippen molar-refractivity contribution in [3.8, 4) is 0 Å². The zero-order valence-corrected chi connectivity index (χ0v) is 20.5. The van der Waals surface area contributed by atoms with Crippen molar-refractivity contribution in [1.29, 1.82) is 0 Å². The van der Waals surface area contributed by atoms with E-state index in [2.05, 4.69) is 108 Å². The number of rotatable bonds is 3. The van der Waals surface area contributed by atoms with Gasteiger partial charge < -0.3 is 4.90 Å². The largest absolute Gasteiger partial charge is 0.309 e. The van der Waals surface area contributed by atoms with Crippen LogP contribution in [-0.4, -0.2) is 0 Å². The van der Waals surface area contributed by atoms with Crippen molar-refractivity contribution < 1.29 is 0 Å². The molecule has 0 atom stereocenters. The average Bonchev–Trinajstić information content (AvgIpc) is 2.65. The lowest BCUT2D eigenvalue weighted by molar-refractivity contribution is 0.590. The number of hydrogen-bond donors (Lipinski definition) is 0. The van der Waals surface area contributed by atoms with E-state index in [1.165, 1.54) is 11.1 Å². The highest BCUT2D eigenvalue weighted by molar-refractivity contribution is 6.44. The minimum Gasteiger partial charge on any atom is -0.309 e. The third kappa shape index (κ3) is 4.85. The number of anilines is 3. The van der Waals surface area contributed by atoms with Gasteiger partial charge in [-0.1, -0.05) is 94.6 Å². The Labute approximate surface area is 191 Å². The first-order valence-corrected chi connectivity index (χ1v) is 11.1. The van der Waals surface area contributed by atoms with Crippen molar-refractivity contribution in [2.75, 3.05) is 4.90 Å². The highest BCUT2D eigenvalue weighted by Gasteiger charge is 2.23. The Kier molecular flexibility index (Phi) is 6.28. The van der Waals surface area contributed by atoms with Gasteiger partial charge in [0, 0.05) is 11.4 Å². The maximum atomic E-state index is 6.77. The second-order valence-corrected chi connectivity index (χ2v) is 10.8. The van der Waals surface area contributed by atoms with Gasteiger partial charge in [0.1, 0.15) is 0 Å². The molecule has 30 heavy (non-hydrogen) atoms. The summed E-state index contributed by atoms with van der Waals surface area (Å²) in [6.45, 7) is 15.3. The van der Waals surface area contributed by atoms with Gasteiger partial charge >= 0.3 is 0 Å². The zero-order valence-electron chi connectivity index (χ0n) is 19.0. The lowest BCUT2D eigenvalue weighted by atomic mass is 9.86. The van der Waals surface area contributed by atoms with Gasteiger partial charge in [-0.15, -0.1) is 0 Å². The SMILES string of the molecule is Cc1ccc(N(c2ccc(C(C)(C)C)cc2)c2cc(C(C)(C)C)cc(Cl)c2Cl)cc1. The number of benzene rings is 3. The predicted octanol–water partition coefficient (Wildman–Crippen LogP) is 9.37. The van der Waals surface area contributed by atoms with Gasteiger partial charge in [-0.3, -0.25) is 0 Å². The smallest absolute Gasteiger partial charge is 0.0833 e. The fourth-order valence-electron chi connectivity index (χ4n) is 3.40. The number of halogens is 2. The summed E-state index contributed by atoms with van der Waals surface area (Å²) in [6, 6.07) is 21.3. The van der Waals surface area contributed by atoms with Gasteiger partial charge in [0.25, 0.3) is 0 Å². The maximum absolute atomic E-state index is 6.77. The molecule has 0 aliphatic carbocycles. The number of aryl methyl sites for hydroxylation is 1. The molecule has 0 saturated carbocycles. The summed E-state index contributed by atoms with van der Waals surface area (Å²) in [4.78, 5) is 2.19. The fourth-order valence-corrected chi connectivity index (χ4v) is 3.81. The molecular weight excluding hydrogens is 409 g/mol. The van der Waals surface area contributed by atoms with E-state index in [0.29, 0.717) is 10.0 Å². The molecule has 0 amide bonds. The molecule has 3 heteroatoms. The van der Waals surface area contributed by atoms with E-state index in [1.807, 2.05) is 6.07 Å². The summed E-state index contributed by atoms with van der Waals surface area (Å²) >= 11 is 13.4. The van der Waals surface area contributed by atoms with Gasteiger partial charge in [-0.05, 0) is 65.3 Å². The first-order chi connectivity index (χ1) is 13.9. The minimum atomic E-state index is -0.0436. The number of nitrogens with zero attached hydrogens (tertiary/aromatic N) is 1. The van der Waals surface area contributed by atoms with Crippen molar-refractivity contribution in [3.05, 3.63) is 87.4 Å². The van der Waals surface area contributed by atoms with E-state index in [9.17, 15) is 0 Å². The van der Waals surface area contributed by atoms with Crippen LogP contribution in [0.4, 0.5) is 17.1 Å². The summed E-state index contributed by atoms with van der Waals surface area (Å²) in [6.07, 6.45) is 0. The molecule has 0 fully saturated rings. The monoisotopic (exact) mass is 439 g/mol. The lowest BCUT2D eigenvalue weighted by Gasteiger charge is -2.30. The van der Waals surface area contributed by atoms with Crippen molar-refractivity contribution in [3.63, 3.8) is 0 Å². The van der Waals surface area contributed by atoms with Crippen LogP contribution in [-0.2, 0) is 10.8 Å². The van der Waals surface area contributed by atoms with Crippen LogP contribution in [0.5, 0.6) is 0 Å². The maximum Gasteiger partial charge on any atom is 0.0833 e. The quantitative estimate of drug-likeness (QED) is 0.392. The van der Waals surface area contributed by atoms with Gasteiger partial charge in [0.15, 0.2) is 0 Å². The molecule has 3 aromatic rings. The molecule has 3 aromatic carbocycles. The summed E-state index contributed by atoms with van der Waals surface area (Å²) in [7, 11) is 0. The van der Waals surface area contributed by atoms with Gasteiger partial charge in [0.05, 0.1) is 15.7 Å². The van der Waals surface area contributed by atoms with Crippen molar-refractivity contribution >= 4 is 40.3 Å². The van der Waals surface area contributed by atoms with Crippen LogP contribution >= 0.6 is 23.2 Å². The molecule has 0 aromatic heterocycles. The second kappa shape index (κ2) is 8.29. The van der Waals surface area contributed by atoms with E-state index in [1.54, 1.807) is 0 Å². The van der Waals surface area contributed by atoms with Crippen LogP contribution in [0.2, 0.25) is 10.0 Å². The molecule has 0 aliphatic heterocycles. The van der Waals surface area contributed by atoms with Crippen LogP contribution in [0.1, 0.15) is 58.2 Å². The average molecular weight is 440 g/mol. The summed E-state index contributed by atoms with van der Waals surface area (Å²) in [5, 5.41) is 1.13. The Bertz CT molecular complexity index is 1020. The zero-order chi connectivity index (χ0) is 22.3. The van der Waals surface area contributed by atoms with Crippen LogP contribution < -0.4 is 4.90 Å². The molecule has 0 radical (unpaired) electrons. The predicted molar refractivity (Wildman–Crippen MR) is 133 cm³/mol. The Hall–Kier alpha value is -1.96. The van der Waals surface area contributed by atoms with E-state index in [-0.39, 0.29) is 10.8 Å². The minimum absolute atomic E-state index is 0.0436. The summed E-state index contributed by atoms with van der Waals surface area (Å²) in [5.74, 6) is 0. The summed E-state index contributed by atoms with van der Waals surface area (Å²) < 4.78 is 0. The standard InChI is InChI=1S/C27H31Cl2N/c1-18-8-12-21(13-9-18)30(22-14-10-19(11-15-22)26(2,3)4)24-17-20(27(5,6)7)16-23(28)25(24)29/h8-17H,1-7H3. The number of hydrogen-bond acceptors (Lipinski definition) is 1. The van der Waals surface area contributed by atoms with E-state index in [0.717, 1.165) is 22.6 Å². The Morgan fingerprint density at radius 1 is 0.633 bits per heavy atom. The Balaban J connectivity index is 2.24. The van der Waals surface area contributed by atoms with Crippen LogP contribution in [0.25, 0.3) is 0 Å². The lowest BCUT2D eigenvalue weighted by Crippen LogP contribution is -2.16. The van der Waals surface area contributed by atoms with Crippen LogP contribution in [0.3, 0.4) is 0 Å². The molecule has 0 spiro atoms. The molecule has 3 rings (SSSR count). The first kappa shape index (κ1) is 22.7. The molecule has 0 saturated heterocycles. The molecule has 0 bridgehead atoms. The molecule has 0 heterocycles. The van der Waals surface area contributed by atoms with Crippen LogP contribution in [0, 0.1) is 6.92 Å². The van der Waals surface area contributed by atoms with Gasteiger partial charge in [0.2, 0.25) is 0 Å². The fraction of sp³-hybridized carbons (Fsp3) is 0.333. The molecule has 0 aliphatic rings. The van der Waals surface area contributed by atoms with E-state index >= 15 is 0 Å². The normalized spacial score (nSPS) is 12.2. The van der Waals surface area contributed by atoms with Crippen molar-refractivity contribution in [2.45, 2.75) is 59.3 Å². The van der Waals surface area contributed by atoms with Gasteiger partial charge in [-0.25, -0.2) is 0 Å². The van der Waals surface area contributed by atoms with Gasteiger partial charge in [-0.2, -0.15) is 0 Å². The second-order valence-electron chi connectivity index (χ2n) is 10.0. The van der Waals surface area contributed by atoms with E-state index in [4.69, 9.17) is 23.2 Å². The molecular formula is C27H31Cl2N.